The summed E-state index contributed by atoms with van der Waals surface area (Å²) in [4.78, 5) is 32.9. The predicted molar refractivity (Wildman–Crippen MR) is 150 cm³/mol. The second-order valence-corrected chi connectivity index (χ2v) is 9.70. The number of carbonyl (C=O) groups is 2. The summed E-state index contributed by atoms with van der Waals surface area (Å²) in [5.41, 5.74) is 1.60. The molecule has 0 saturated heterocycles. The lowest BCUT2D eigenvalue weighted by Gasteiger charge is -2.39. The molecule has 2 unspecified atom stereocenters. The van der Waals surface area contributed by atoms with Crippen molar-refractivity contribution in [1.82, 2.24) is 4.90 Å². The van der Waals surface area contributed by atoms with Crippen LogP contribution in [-0.2, 0) is 16.1 Å². The highest BCUT2D eigenvalue weighted by Crippen LogP contribution is 2.44. The van der Waals surface area contributed by atoms with E-state index in [4.69, 9.17) is 9.73 Å². The lowest BCUT2D eigenvalue weighted by Crippen LogP contribution is -2.56. The quantitative estimate of drug-likeness (QED) is 0.364. The molecule has 39 heavy (non-hydrogen) atoms. The van der Waals surface area contributed by atoms with Crippen LogP contribution in [0.15, 0.2) is 120 Å². The summed E-state index contributed by atoms with van der Waals surface area (Å²) >= 11 is 0. The van der Waals surface area contributed by atoms with Gasteiger partial charge in [-0.05, 0) is 35.3 Å². The number of hydrogen-bond acceptors (Lipinski definition) is 4. The molecule has 0 saturated carbocycles. The molecule has 0 aromatic heterocycles. The van der Waals surface area contributed by atoms with E-state index in [0.717, 1.165) is 21.9 Å². The van der Waals surface area contributed by atoms with Crippen LogP contribution in [0.3, 0.4) is 0 Å². The van der Waals surface area contributed by atoms with Gasteiger partial charge in [0.05, 0.1) is 11.4 Å². The maximum atomic E-state index is 13.4. The fraction of sp³-hybridized carbons (Fsp3) is 0.182. The van der Waals surface area contributed by atoms with E-state index >= 15 is 0 Å². The highest BCUT2D eigenvalue weighted by Gasteiger charge is 2.54. The van der Waals surface area contributed by atoms with Gasteiger partial charge in [0, 0.05) is 18.2 Å². The van der Waals surface area contributed by atoms with Crippen LogP contribution >= 0.6 is 0 Å². The molecule has 6 heteroatoms. The van der Waals surface area contributed by atoms with Crippen molar-refractivity contribution < 1.29 is 19.4 Å². The fourth-order valence-corrected chi connectivity index (χ4v) is 5.37. The Morgan fingerprint density at radius 1 is 0.821 bits per heavy atom. The highest BCUT2D eigenvalue weighted by atomic mass is 16.6. The van der Waals surface area contributed by atoms with Crippen LogP contribution in [0.2, 0.25) is 0 Å². The zero-order valence-corrected chi connectivity index (χ0v) is 21.9. The van der Waals surface area contributed by atoms with Crippen molar-refractivity contribution in [2.24, 2.45) is 4.99 Å². The van der Waals surface area contributed by atoms with Crippen LogP contribution in [0.1, 0.15) is 29.5 Å². The van der Waals surface area contributed by atoms with E-state index < -0.39 is 29.6 Å². The maximum Gasteiger partial charge on any atom is 0.410 e. The third kappa shape index (κ3) is 4.81. The first kappa shape index (κ1) is 25.9. The third-order valence-corrected chi connectivity index (χ3v) is 7.46. The van der Waals surface area contributed by atoms with Gasteiger partial charge in [0.2, 0.25) is 5.54 Å². The van der Waals surface area contributed by atoms with Crippen molar-refractivity contribution in [3.05, 3.63) is 143 Å². The molecule has 0 aliphatic carbocycles. The molecule has 1 aliphatic rings. The Hall–Kier alpha value is -4.71. The molecule has 0 spiro atoms. The van der Waals surface area contributed by atoms with E-state index in [1.54, 1.807) is 14.0 Å². The molecule has 0 fully saturated rings. The molecule has 1 heterocycles. The molecule has 5 rings (SSSR count). The van der Waals surface area contributed by atoms with Gasteiger partial charge in [-0.25, -0.2) is 9.59 Å². The second kappa shape index (κ2) is 11.0. The molecule has 2 atom stereocenters. The fourth-order valence-electron chi connectivity index (χ4n) is 5.37. The highest BCUT2D eigenvalue weighted by molar-refractivity contribution is 5.97. The van der Waals surface area contributed by atoms with E-state index in [2.05, 4.69) is 0 Å². The van der Waals surface area contributed by atoms with Crippen LogP contribution in [0.5, 0.6) is 0 Å². The summed E-state index contributed by atoms with van der Waals surface area (Å²) in [6.45, 7) is 1.81. The predicted octanol–water partition coefficient (Wildman–Crippen LogP) is 4.78. The number of fused-ring (bicyclic) bond motifs is 1. The minimum absolute atomic E-state index is 0.0847. The number of carbonyl (C=O) groups excluding carboxylic acids is 1. The van der Waals surface area contributed by atoms with Crippen molar-refractivity contribution in [1.29, 1.82) is 0 Å². The summed E-state index contributed by atoms with van der Waals surface area (Å²) in [6, 6.07) is 35.7. The summed E-state index contributed by atoms with van der Waals surface area (Å²) in [6.07, 6.45) is -0.617. The largest absolute Gasteiger partial charge is 0.479 e. The Balaban J connectivity index is 1.64. The zero-order valence-electron chi connectivity index (χ0n) is 21.9. The van der Waals surface area contributed by atoms with E-state index in [1.165, 1.54) is 4.90 Å². The van der Waals surface area contributed by atoms with Crippen molar-refractivity contribution in [3.63, 3.8) is 0 Å². The molecular formula is C33H30N2O4. The van der Waals surface area contributed by atoms with Gasteiger partial charge >= 0.3 is 12.1 Å². The van der Waals surface area contributed by atoms with Crippen LogP contribution < -0.4 is 10.6 Å². The number of likely N-dealkylation sites (N-methyl/N-ethyl adjacent to an activating group) is 1. The molecule has 0 bridgehead atoms. The third-order valence-electron chi connectivity index (χ3n) is 7.46. The van der Waals surface area contributed by atoms with Gasteiger partial charge in [-0.2, -0.15) is 0 Å². The normalized spacial score (nSPS) is 16.7. The first-order chi connectivity index (χ1) is 18.9. The molecule has 0 radical (unpaired) electrons. The minimum Gasteiger partial charge on any atom is -0.479 e. The number of carboxylic acid groups (broad SMARTS) is 1. The van der Waals surface area contributed by atoms with Crippen molar-refractivity contribution >= 4 is 17.6 Å². The molecular weight excluding hydrogens is 488 g/mol. The monoisotopic (exact) mass is 518 g/mol. The van der Waals surface area contributed by atoms with Gasteiger partial charge < -0.3 is 14.7 Å². The molecule has 6 nitrogen and oxygen atoms in total. The Bertz CT molecular complexity index is 1550. The van der Waals surface area contributed by atoms with E-state index in [1.807, 2.05) is 115 Å². The Kier molecular flexibility index (Phi) is 7.28. The van der Waals surface area contributed by atoms with Crippen molar-refractivity contribution in [2.75, 3.05) is 7.05 Å². The lowest BCUT2D eigenvalue weighted by molar-refractivity contribution is -0.142. The van der Waals surface area contributed by atoms with E-state index in [-0.39, 0.29) is 6.61 Å². The number of aliphatic carboxylic acids is 1. The number of ether oxygens (including phenoxy) is 1. The summed E-state index contributed by atoms with van der Waals surface area (Å²) < 4.78 is 5.58. The molecule has 1 aliphatic heterocycles. The van der Waals surface area contributed by atoms with Crippen LogP contribution in [-0.4, -0.2) is 40.7 Å². The number of amides is 1. The smallest absolute Gasteiger partial charge is 0.410 e. The number of carboxylic acids is 1. The SMILES string of the molecule is CC(N(C)C(=O)OCc1ccccc1)C1(C(=O)O)N=c2ccccc2=C1C(c1ccccc1)c1ccccc1. The average molecular weight is 519 g/mol. The molecule has 4 aromatic rings. The molecule has 4 aromatic carbocycles. The summed E-state index contributed by atoms with van der Waals surface area (Å²) in [5.74, 6) is -1.53. The Morgan fingerprint density at radius 2 is 1.33 bits per heavy atom. The Labute approximate surface area is 227 Å². The molecule has 196 valence electrons. The standard InChI is InChI=1S/C33H30N2O4/c1-23(35(2)32(38)39-22-24-14-6-3-7-15-24)33(31(36)37)30(27-20-12-13-21-28(27)34-33)29(25-16-8-4-9-17-25)26-18-10-5-11-19-26/h3-21,23,29H,22H2,1-2H3,(H,36,37). The molecule has 1 N–H and O–H groups in total. The lowest BCUT2D eigenvalue weighted by atomic mass is 9.72. The first-order valence-electron chi connectivity index (χ1n) is 12.9. The second-order valence-electron chi connectivity index (χ2n) is 9.70. The number of rotatable bonds is 8. The van der Waals surface area contributed by atoms with Crippen LogP contribution in [0, 0.1) is 0 Å². The number of benzene rings is 4. The number of para-hydroxylation sites is 1. The topological polar surface area (TPSA) is 79.2 Å². The summed E-state index contributed by atoms with van der Waals surface area (Å²) in [7, 11) is 1.57. The van der Waals surface area contributed by atoms with Crippen molar-refractivity contribution in [3.8, 4) is 0 Å². The van der Waals surface area contributed by atoms with Gasteiger partial charge in [0.1, 0.15) is 6.61 Å². The van der Waals surface area contributed by atoms with Gasteiger partial charge in [0.25, 0.3) is 0 Å². The molecule has 1 amide bonds. The van der Waals surface area contributed by atoms with Gasteiger partial charge in [-0.1, -0.05) is 109 Å². The van der Waals surface area contributed by atoms with E-state index in [0.29, 0.717) is 10.9 Å². The Morgan fingerprint density at radius 3 is 1.90 bits per heavy atom. The zero-order chi connectivity index (χ0) is 27.4. The maximum absolute atomic E-state index is 13.4. The number of nitrogens with zero attached hydrogens (tertiary/aromatic N) is 2. The minimum atomic E-state index is -1.75. The average Bonchev–Trinajstić information content (AvgIpc) is 3.33. The van der Waals surface area contributed by atoms with Gasteiger partial charge in [-0.15, -0.1) is 0 Å². The van der Waals surface area contributed by atoms with Gasteiger partial charge in [0.15, 0.2) is 0 Å². The number of hydrogen-bond donors (Lipinski definition) is 1. The van der Waals surface area contributed by atoms with Crippen molar-refractivity contribution in [2.45, 2.75) is 31.0 Å². The van der Waals surface area contributed by atoms with E-state index in [9.17, 15) is 14.7 Å². The first-order valence-corrected chi connectivity index (χ1v) is 12.9. The summed E-state index contributed by atoms with van der Waals surface area (Å²) in [5, 5.41) is 12.3. The van der Waals surface area contributed by atoms with Gasteiger partial charge in [-0.3, -0.25) is 4.99 Å². The van der Waals surface area contributed by atoms with Crippen LogP contribution in [0.4, 0.5) is 4.79 Å². The van der Waals surface area contributed by atoms with Crippen LogP contribution in [0.25, 0.3) is 5.57 Å².